The van der Waals surface area contributed by atoms with Gasteiger partial charge < -0.3 is 23.9 Å². The molecule has 0 aliphatic carbocycles. The first-order valence-corrected chi connectivity index (χ1v) is 9.69. The molecule has 0 unspecified atom stereocenters. The lowest BCUT2D eigenvalue weighted by molar-refractivity contribution is -0.118. The third kappa shape index (κ3) is 5.64. The monoisotopic (exact) mass is 415 g/mol. The number of aromatic nitrogens is 2. The van der Waals surface area contributed by atoms with Crippen LogP contribution < -0.4 is 19.5 Å². The van der Waals surface area contributed by atoms with Crippen LogP contribution in [0.1, 0.15) is 5.56 Å². The van der Waals surface area contributed by atoms with E-state index in [0.717, 1.165) is 11.3 Å². The van der Waals surface area contributed by atoms with Crippen LogP contribution >= 0.6 is 11.8 Å². The number of carbonyl (C=O) groups is 1. The van der Waals surface area contributed by atoms with Crippen molar-refractivity contribution < 1.29 is 23.4 Å². The van der Waals surface area contributed by atoms with E-state index in [1.54, 1.807) is 39.5 Å². The third-order valence-electron chi connectivity index (χ3n) is 3.96. The van der Waals surface area contributed by atoms with E-state index in [1.807, 2.05) is 24.3 Å². The topological polar surface area (TPSA) is 95.7 Å². The van der Waals surface area contributed by atoms with Gasteiger partial charge in [-0.25, -0.2) is 0 Å². The van der Waals surface area contributed by atoms with Gasteiger partial charge in [-0.05, 0) is 29.8 Å². The summed E-state index contributed by atoms with van der Waals surface area (Å²) in [6.45, 7) is 0.412. The van der Waals surface area contributed by atoms with Gasteiger partial charge in [-0.2, -0.15) is 0 Å². The standard InChI is InChI=1S/C20H21N3O5S/c1-25-15-6-4-5-13(7-15)11-21-18(24)12-29-20-23-22-19(28-20)14-8-16(26-2)10-17(9-14)27-3/h4-10H,11-12H2,1-3H3,(H,21,24). The minimum absolute atomic E-state index is 0.138. The number of hydrogen-bond donors (Lipinski definition) is 1. The number of amides is 1. The summed E-state index contributed by atoms with van der Waals surface area (Å²) in [5, 5.41) is 11.2. The van der Waals surface area contributed by atoms with Crippen molar-refractivity contribution in [2.24, 2.45) is 0 Å². The molecule has 9 heteroatoms. The molecule has 3 rings (SSSR count). The second kappa shape index (κ2) is 9.83. The summed E-state index contributed by atoms with van der Waals surface area (Å²) >= 11 is 1.17. The quantitative estimate of drug-likeness (QED) is 0.533. The van der Waals surface area contributed by atoms with Crippen molar-refractivity contribution >= 4 is 17.7 Å². The molecule has 152 valence electrons. The Kier molecular flexibility index (Phi) is 6.96. The molecule has 0 saturated carbocycles. The van der Waals surface area contributed by atoms with Crippen LogP contribution in [0.4, 0.5) is 0 Å². The highest BCUT2D eigenvalue weighted by molar-refractivity contribution is 7.99. The predicted molar refractivity (Wildman–Crippen MR) is 108 cm³/mol. The molecule has 0 atom stereocenters. The zero-order valence-corrected chi connectivity index (χ0v) is 17.1. The Bertz CT molecular complexity index is 954. The van der Waals surface area contributed by atoms with Crippen molar-refractivity contribution in [3.8, 4) is 28.7 Å². The summed E-state index contributed by atoms with van der Waals surface area (Å²) in [5.41, 5.74) is 1.62. The number of nitrogens with one attached hydrogen (secondary N) is 1. The summed E-state index contributed by atoms with van der Waals surface area (Å²) in [6.07, 6.45) is 0. The molecule has 1 aromatic heterocycles. The number of ether oxygens (including phenoxy) is 3. The zero-order valence-electron chi connectivity index (χ0n) is 16.3. The van der Waals surface area contributed by atoms with E-state index >= 15 is 0 Å². The molecule has 0 radical (unpaired) electrons. The van der Waals surface area contributed by atoms with Crippen molar-refractivity contribution in [3.05, 3.63) is 48.0 Å². The summed E-state index contributed by atoms with van der Waals surface area (Å²) in [4.78, 5) is 12.1. The number of nitrogens with zero attached hydrogens (tertiary/aromatic N) is 2. The number of carbonyl (C=O) groups excluding carboxylic acids is 1. The van der Waals surface area contributed by atoms with Gasteiger partial charge in [-0.15, -0.1) is 10.2 Å². The van der Waals surface area contributed by atoms with Gasteiger partial charge in [0.15, 0.2) is 0 Å². The van der Waals surface area contributed by atoms with Gasteiger partial charge in [0.1, 0.15) is 17.2 Å². The average molecular weight is 415 g/mol. The summed E-state index contributed by atoms with van der Waals surface area (Å²) in [5.74, 6) is 2.32. The summed E-state index contributed by atoms with van der Waals surface area (Å²) in [6, 6.07) is 12.8. The number of methoxy groups -OCH3 is 3. The van der Waals surface area contributed by atoms with E-state index in [4.69, 9.17) is 18.6 Å². The van der Waals surface area contributed by atoms with Crippen molar-refractivity contribution in [1.29, 1.82) is 0 Å². The molecule has 2 aromatic carbocycles. The first kappa shape index (κ1) is 20.5. The molecule has 1 heterocycles. The minimum Gasteiger partial charge on any atom is -0.497 e. The molecule has 0 bridgehead atoms. The Morgan fingerprint density at radius 2 is 1.72 bits per heavy atom. The number of benzene rings is 2. The molecule has 1 amide bonds. The van der Waals surface area contributed by atoms with Gasteiger partial charge in [0.2, 0.25) is 11.8 Å². The maximum Gasteiger partial charge on any atom is 0.277 e. The minimum atomic E-state index is -0.138. The first-order chi connectivity index (χ1) is 14.1. The molecule has 0 aliphatic heterocycles. The predicted octanol–water partition coefficient (Wildman–Crippen LogP) is 3.17. The summed E-state index contributed by atoms with van der Waals surface area (Å²) in [7, 11) is 4.74. The molecule has 0 aliphatic rings. The second-order valence-electron chi connectivity index (χ2n) is 5.89. The van der Waals surface area contributed by atoms with Crippen LogP contribution in [0.2, 0.25) is 0 Å². The van der Waals surface area contributed by atoms with Crippen molar-refractivity contribution in [3.63, 3.8) is 0 Å². The molecule has 3 aromatic rings. The number of hydrogen-bond acceptors (Lipinski definition) is 8. The molecule has 8 nitrogen and oxygen atoms in total. The molecule has 1 N–H and O–H groups in total. The lowest BCUT2D eigenvalue weighted by Crippen LogP contribution is -2.24. The van der Waals surface area contributed by atoms with Crippen LogP contribution in [0.25, 0.3) is 11.5 Å². The molecule has 0 spiro atoms. The summed E-state index contributed by atoms with van der Waals surface area (Å²) < 4.78 is 21.3. The van der Waals surface area contributed by atoms with E-state index in [2.05, 4.69) is 15.5 Å². The molecule has 0 saturated heterocycles. The normalized spacial score (nSPS) is 10.4. The maximum atomic E-state index is 12.1. The Morgan fingerprint density at radius 1 is 1.00 bits per heavy atom. The third-order valence-corrected chi connectivity index (χ3v) is 4.77. The van der Waals surface area contributed by atoms with Crippen molar-refractivity contribution in [2.75, 3.05) is 27.1 Å². The van der Waals surface area contributed by atoms with Gasteiger partial charge in [0.05, 0.1) is 27.1 Å². The van der Waals surface area contributed by atoms with E-state index < -0.39 is 0 Å². The molecular formula is C20H21N3O5S. The maximum absolute atomic E-state index is 12.1. The van der Waals surface area contributed by atoms with Crippen LogP contribution in [0.5, 0.6) is 17.2 Å². The van der Waals surface area contributed by atoms with Gasteiger partial charge >= 0.3 is 0 Å². The molecule has 0 fully saturated rings. The van der Waals surface area contributed by atoms with Crippen LogP contribution in [0, 0.1) is 0 Å². The van der Waals surface area contributed by atoms with Crippen LogP contribution in [0.3, 0.4) is 0 Å². The van der Waals surface area contributed by atoms with E-state index in [-0.39, 0.29) is 11.7 Å². The van der Waals surface area contributed by atoms with Crippen molar-refractivity contribution in [1.82, 2.24) is 15.5 Å². The molecule has 29 heavy (non-hydrogen) atoms. The lowest BCUT2D eigenvalue weighted by Gasteiger charge is -2.06. The zero-order chi connectivity index (χ0) is 20.6. The number of thioether (sulfide) groups is 1. The van der Waals surface area contributed by atoms with Gasteiger partial charge in [-0.3, -0.25) is 4.79 Å². The highest BCUT2D eigenvalue weighted by atomic mass is 32.2. The van der Waals surface area contributed by atoms with E-state index in [9.17, 15) is 4.79 Å². The largest absolute Gasteiger partial charge is 0.497 e. The Balaban J connectivity index is 1.55. The van der Waals surface area contributed by atoms with E-state index in [1.165, 1.54) is 11.8 Å². The highest BCUT2D eigenvalue weighted by Gasteiger charge is 2.13. The highest BCUT2D eigenvalue weighted by Crippen LogP contribution is 2.30. The fourth-order valence-electron chi connectivity index (χ4n) is 2.48. The van der Waals surface area contributed by atoms with Crippen LogP contribution in [-0.4, -0.2) is 43.2 Å². The lowest BCUT2D eigenvalue weighted by atomic mass is 10.2. The van der Waals surface area contributed by atoms with Gasteiger partial charge in [0, 0.05) is 18.2 Å². The average Bonchev–Trinajstić information content (AvgIpc) is 3.25. The number of rotatable bonds is 9. The van der Waals surface area contributed by atoms with Crippen LogP contribution in [0.15, 0.2) is 52.1 Å². The van der Waals surface area contributed by atoms with Gasteiger partial charge in [0.25, 0.3) is 5.22 Å². The van der Waals surface area contributed by atoms with Crippen molar-refractivity contribution in [2.45, 2.75) is 11.8 Å². The first-order valence-electron chi connectivity index (χ1n) is 8.70. The SMILES string of the molecule is COc1cccc(CNC(=O)CSc2nnc(-c3cc(OC)cc(OC)c3)o2)c1. The van der Waals surface area contributed by atoms with E-state index in [0.29, 0.717) is 34.7 Å². The Hall–Kier alpha value is -3.20. The smallest absolute Gasteiger partial charge is 0.277 e. The second-order valence-corrected chi connectivity index (χ2v) is 6.82. The molecular weight excluding hydrogens is 394 g/mol. The Labute approximate surface area is 172 Å². The van der Waals surface area contributed by atoms with Crippen LogP contribution in [-0.2, 0) is 11.3 Å². The fraction of sp³-hybridized carbons (Fsp3) is 0.250. The Morgan fingerprint density at radius 3 is 2.41 bits per heavy atom. The van der Waals surface area contributed by atoms with Gasteiger partial charge in [-0.1, -0.05) is 23.9 Å². The fourth-order valence-corrected chi connectivity index (χ4v) is 3.07.